The Morgan fingerprint density at radius 1 is 0.938 bits per heavy atom. The van der Waals surface area contributed by atoms with Crippen LogP contribution in [0.3, 0.4) is 0 Å². The summed E-state index contributed by atoms with van der Waals surface area (Å²) in [5.41, 5.74) is 1.14. The van der Waals surface area contributed by atoms with E-state index in [0.29, 0.717) is 17.9 Å². The summed E-state index contributed by atoms with van der Waals surface area (Å²) in [6.45, 7) is 3.52. The summed E-state index contributed by atoms with van der Waals surface area (Å²) >= 11 is 0. The number of amides is 1. The zero-order valence-corrected chi connectivity index (χ0v) is 27.2. The topological polar surface area (TPSA) is 161 Å². The monoisotopic (exact) mass is 653 g/mol. The molecule has 0 radical (unpaired) electrons. The maximum Gasteiger partial charge on any atom is 0.280 e. The molecule has 6 rings (SSSR count). The third-order valence-corrected chi connectivity index (χ3v) is 9.01. The van der Waals surface area contributed by atoms with Gasteiger partial charge in [-0.3, -0.25) is 19.9 Å². The van der Waals surface area contributed by atoms with Crippen LogP contribution in [0.5, 0.6) is 11.5 Å². The number of aliphatic hydroxyl groups is 2. The van der Waals surface area contributed by atoms with Gasteiger partial charge in [0.15, 0.2) is 11.2 Å². The van der Waals surface area contributed by atoms with E-state index in [2.05, 4.69) is 20.3 Å². The molecule has 0 bridgehead atoms. The van der Waals surface area contributed by atoms with Crippen molar-refractivity contribution in [2.24, 2.45) is 11.8 Å². The number of benzene rings is 3. The molecule has 0 spiro atoms. The van der Waals surface area contributed by atoms with Gasteiger partial charge in [-0.05, 0) is 47.4 Å². The quantitative estimate of drug-likeness (QED) is 0.154. The molecule has 1 aliphatic carbocycles. The first kappa shape index (κ1) is 32.9. The Kier molecular flexibility index (Phi) is 9.31. The van der Waals surface area contributed by atoms with Crippen LogP contribution in [0, 0.1) is 11.8 Å². The predicted octanol–water partition coefficient (Wildman–Crippen LogP) is 4.02. The average molecular weight is 654 g/mol. The maximum absolute atomic E-state index is 12.8. The summed E-state index contributed by atoms with van der Waals surface area (Å²) in [5.74, 6) is 0.214. The number of hydrogen-bond donors (Lipinski definition) is 4. The predicted molar refractivity (Wildman–Crippen MR) is 179 cm³/mol. The molecule has 2 aromatic heterocycles. The third-order valence-electron chi connectivity index (χ3n) is 9.01. The molecule has 0 unspecified atom stereocenters. The van der Waals surface area contributed by atoms with Crippen LogP contribution in [-0.2, 0) is 15.1 Å². The van der Waals surface area contributed by atoms with E-state index in [4.69, 9.17) is 14.2 Å². The van der Waals surface area contributed by atoms with Gasteiger partial charge in [0, 0.05) is 11.8 Å². The van der Waals surface area contributed by atoms with Gasteiger partial charge in [-0.25, -0.2) is 4.98 Å². The Morgan fingerprint density at radius 2 is 1.52 bits per heavy atom. The Morgan fingerprint density at radius 3 is 2.08 bits per heavy atom. The summed E-state index contributed by atoms with van der Waals surface area (Å²) in [4.78, 5) is 36.4. The van der Waals surface area contributed by atoms with Crippen molar-refractivity contribution in [2.45, 2.75) is 44.1 Å². The molecule has 4 N–H and O–H groups in total. The fourth-order valence-corrected chi connectivity index (χ4v) is 6.34. The lowest BCUT2D eigenvalue weighted by Gasteiger charge is -2.37. The Hall–Kier alpha value is -5.04. The molecule has 1 amide bonds. The molecule has 5 aromatic rings. The van der Waals surface area contributed by atoms with Gasteiger partial charge < -0.3 is 29.0 Å². The highest BCUT2D eigenvalue weighted by Crippen LogP contribution is 2.44. The molecular formula is C36H39N5O7. The van der Waals surface area contributed by atoms with Crippen LogP contribution in [0.25, 0.3) is 11.2 Å². The van der Waals surface area contributed by atoms with E-state index in [1.54, 1.807) is 32.6 Å². The zero-order valence-electron chi connectivity index (χ0n) is 27.2. The van der Waals surface area contributed by atoms with Crippen molar-refractivity contribution in [1.82, 2.24) is 19.5 Å². The molecule has 1 aliphatic rings. The minimum absolute atomic E-state index is 0.0208. The highest BCUT2D eigenvalue weighted by molar-refractivity contribution is 5.91. The summed E-state index contributed by atoms with van der Waals surface area (Å²) in [6.07, 6.45) is -0.645. The fraction of sp³-hybridized carbons (Fsp3) is 0.333. The van der Waals surface area contributed by atoms with Crippen LogP contribution in [0.1, 0.15) is 43.0 Å². The number of hydrogen-bond acceptors (Lipinski definition) is 9. The number of rotatable bonds is 11. The van der Waals surface area contributed by atoms with Crippen molar-refractivity contribution in [3.8, 4) is 11.5 Å². The second-order valence-electron chi connectivity index (χ2n) is 12.2. The van der Waals surface area contributed by atoms with Crippen molar-refractivity contribution < 1.29 is 29.2 Å². The summed E-state index contributed by atoms with van der Waals surface area (Å²) in [7, 11) is 3.22. The Bertz CT molecular complexity index is 1880. The Balaban J connectivity index is 1.36. The summed E-state index contributed by atoms with van der Waals surface area (Å²) < 4.78 is 19.5. The summed E-state index contributed by atoms with van der Waals surface area (Å²) in [5, 5.41) is 25.4. The first-order valence-corrected chi connectivity index (χ1v) is 15.8. The van der Waals surface area contributed by atoms with Gasteiger partial charge in [0.2, 0.25) is 11.9 Å². The fourth-order valence-electron chi connectivity index (χ4n) is 6.34. The number of carbonyl (C=O) groups excluding carboxylic acids is 1. The van der Waals surface area contributed by atoms with E-state index in [1.165, 1.54) is 6.33 Å². The van der Waals surface area contributed by atoms with Crippen LogP contribution >= 0.6 is 0 Å². The van der Waals surface area contributed by atoms with Gasteiger partial charge in [0.25, 0.3) is 5.56 Å². The summed E-state index contributed by atoms with van der Waals surface area (Å²) in [6, 6.07) is 24.5. The lowest BCUT2D eigenvalue weighted by Crippen LogP contribution is -2.37. The van der Waals surface area contributed by atoms with Crippen molar-refractivity contribution in [2.75, 3.05) is 26.1 Å². The molecule has 3 aromatic carbocycles. The smallest absolute Gasteiger partial charge is 0.280 e. The molecule has 0 aliphatic heterocycles. The zero-order chi connectivity index (χ0) is 34.0. The first-order chi connectivity index (χ1) is 23.2. The lowest BCUT2D eigenvalue weighted by molar-refractivity contribution is -0.118. The van der Waals surface area contributed by atoms with Gasteiger partial charge in [0.1, 0.15) is 23.2 Å². The third kappa shape index (κ3) is 6.05. The second kappa shape index (κ2) is 13.6. The molecule has 48 heavy (non-hydrogen) atoms. The number of nitrogens with zero attached hydrogens (tertiary/aromatic N) is 3. The average Bonchev–Trinajstić information content (AvgIpc) is 3.66. The number of aliphatic hydroxyl groups excluding tert-OH is 2. The van der Waals surface area contributed by atoms with Crippen LogP contribution in [0.4, 0.5) is 5.95 Å². The van der Waals surface area contributed by atoms with E-state index < -0.39 is 35.3 Å². The minimum atomic E-state index is -1.21. The van der Waals surface area contributed by atoms with E-state index in [0.717, 1.165) is 16.7 Å². The molecule has 0 saturated heterocycles. The number of aromatic amines is 1. The Labute approximate surface area is 277 Å². The van der Waals surface area contributed by atoms with Crippen molar-refractivity contribution >= 4 is 23.0 Å². The van der Waals surface area contributed by atoms with Gasteiger partial charge in [0.05, 0.1) is 39.3 Å². The maximum atomic E-state index is 12.8. The molecule has 1 fully saturated rings. The minimum Gasteiger partial charge on any atom is -0.497 e. The standard InChI is InChI=1S/C36H39N5O7/c1-21(2)33(44)39-35-38-32-29(34(45)40-35)37-20-41(32)28-18-22(30(42)31(28)43)19-48-36(23-8-6-5-7-9-23,24-10-14-26(46-3)15-11-24)25-12-16-27(47-4)17-13-25/h5-17,20-22,28,30-31,42-43H,18-19H2,1-4H3,(H2,38,39,40,44,45)/t22-,28-,30-,31+/m1/s1. The number of aromatic nitrogens is 4. The molecule has 12 heteroatoms. The number of methoxy groups -OCH3 is 2. The van der Waals surface area contributed by atoms with Gasteiger partial charge in [-0.15, -0.1) is 0 Å². The number of fused-ring (bicyclic) bond motifs is 1. The van der Waals surface area contributed by atoms with Gasteiger partial charge in [-0.2, -0.15) is 4.98 Å². The van der Waals surface area contributed by atoms with Crippen LogP contribution in [0.15, 0.2) is 90.0 Å². The molecule has 4 atom stereocenters. The molecule has 250 valence electrons. The van der Waals surface area contributed by atoms with Crippen molar-refractivity contribution in [3.63, 3.8) is 0 Å². The van der Waals surface area contributed by atoms with Crippen molar-refractivity contribution in [3.05, 3.63) is 112 Å². The highest BCUT2D eigenvalue weighted by Gasteiger charge is 2.46. The normalized spacial score (nSPS) is 19.5. The van der Waals surface area contributed by atoms with E-state index >= 15 is 0 Å². The van der Waals surface area contributed by atoms with Crippen LogP contribution in [-0.4, -0.2) is 68.7 Å². The lowest BCUT2D eigenvalue weighted by atomic mass is 9.79. The van der Waals surface area contributed by atoms with Gasteiger partial charge >= 0.3 is 0 Å². The first-order valence-electron chi connectivity index (χ1n) is 15.8. The van der Waals surface area contributed by atoms with Crippen LogP contribution < -0.4 is 20.3 Å². The number of imidazole rings is 1. The molecule has 12 nitrogen and oxygen atoms in total. The number of H-pyrrole nitrogens is 1. The van der Waals surface area contributed by atoms with Crippen molar-refractivity contribution in [1.29, 1.82) is 0 Å². The number of ether oxygens (including phenoxy) is 3. The number of nitrogens with one attached hydrogen (secondary N) is 2. The SMILES string of the molecule is COc1ccc(C(OC[C@H]2C[C@@H](n3cnc4c(=O)[nH]c(NC(=O)C(C)C)nc43)[C@H](O)[C@@H]2O)(c2ccccc2)c2ccc(OC)cc2)cc1. The molecule has 2 heterocycles. The van der Waals surface area contributed by atoms with E-state index in [1.807, 2.05) is 78.9 Å². The number of carbonyl (C=O) groups is 1. The van der Waals surface area contributed by atoms with E-state index in [9.17, 15) is 19.8 Å². The highest BCUT2D eigenvalue weighted by atomic mass is 16.5. The number of anilines is 1. The molecular weight excluding hydrogens is 614 g/mol. The largest absolute Gasteiger partial charge is 0.497 e. The van der Waals surface area contributed by atoms with E-state index in [-0.39, 0.29) is 35.5 Å². The second-order valence-corrected chi connectivity index (χ2v) is 12.2. The van der Waals surface area contributed by atoms with Gasteiger partial charge in [-0.1, -0.05) is 68.4 Å². The molecule has 1 saturated carbocycles. The van der Waals surface area contributed by atoms with Crippen LogP contribution in [0.2, 0.25) is 0 Å².